The molecule has 2 unspecified atom stereocenters. The van der Waals surface area contributed by atoms with Crippen molar-refractivity contribution in [3.8, 4) is 0 Å². The van der Waals surface area contributed by atoms with Crippen LogP contribution in [0, 0.1) is 0 Å². The first-order valence-electron chi connectivity index (χ1n) is 5.62. The summed E-state index contributed by atoms with van der Waals surface area (Å²) in [5, 5.41) is 2.96. The molecule has 1 aliphatic rings. The van der Waals surface area contributed by atoms with Crippen molar-refractivity contribution >= 4 is 15.2 Å². The maximum absolute atomic E-state index is 11.5. The van der Waals surface area contributed by atoms with E-state index in [9.17, 15) is 28.7 Å². The Morgan fingerprint density at radius 2 is 1.72 bits per heavy atom. The van der Waals surface area contributed by atoms with Gasteiger partial charge >= 0.3 is 15.2 Å². The summed E-state index contributed by atoms with van der Waals surface area (Å²) in [6.45, 7) is 1.48. The van der Waals surface area contributed by atoms with Gasteiger partial charge in [-0.3, -0.25) is 9.13 Å². The van der Waals surface area contributed by atoms with Gasteiger partial charge in [-0.15, -0.1) is 0 Å². The molecule has 18 heavy (non-hydrogen) atoms. The zero-order chi connectivity index (χ0) is 14.2. The van der Waals surface area contributed by atoms with Crippen LogP contribution in [0.15, 0.2) is 0 Å². The Kier molecular flexibility index (Phi) is 4.80. The smallest absolute Gasteiger partial charge is 0.325 e. The Hall–Kier alpha value is 0.220. The van der Waals surface area contributed by atoms with Gasteiger partial charge in [-0.25, -0.2) is 0 Å². The lowest BCUT2D eigenvalue weighted by molar-refractivity contribution is 0.262. The van der Waals surface area contributed by atoms with Crippen LogP contribution >= 0.6 is 15.2 Å². The highest BCUT2D eigenvalue weighted by Crippen LogP contribution is 2.70. The van der Waals surface area contributed by atoms with Crippen molar-refractivity contribution in [2.75, 3.05) is 6.54 Å². The van der Waals surface area contributed by atoms with Gasteiger partial charge in [0.05, 0.1) is 0 Å². The van der Waals surface area contributed by atoms with Crippen molar-refractivity contribution < 1.29 is 28.7 Å². The lowest BCUT2D eigenvalue weighted by Crippen LogP contribution is -2.58. The molecule has 1 heterocycles. The molecule has 7 N–H and O–H groups in total. The molecule has 0 bridgehead atoms. The number of nitrogens with one attached hydrogen (secondary N) is 1. The lowest BCUT2D eigenvalue weighted by atomic mass is 9.96. The fraction of sp³-hybridized carbons (Fsp3) is 1.00. The molecule has 0 radical (unpaired) electrons. The van der Waals surface area contributed by atoms with E-state index >= 15 is 0 Å². The summed E-state index contributed by atoms with van der Waals surface area (Å²) in [7, 11) is -10.1. The highest BCUT2D eigenvalue weighted by Gasteiger charge is 2.61. The minimum Gasteiger partial charge on any atom is -0.325 e. The molecule has 10 heteroatoms. The first kappa shape index (κ1) is 16.3. The van der Waals surface area contributed by atoms with Crippen molar-refractivity contribution in [3.63, 3.8) is 0 Å². The lowest BCUT2D eigenvalue weighted by Gasteiger charge is -2.41. The van der Waals surface area contributed by atoms with Crippen LogP contribution in [0.5, 0.6) is 0 Å². The predicted octanol–water partition coefficient (Wildman–Crippen LogP) is -0.473. The zero-order valence-corrected chi connectivity index (χ0v) is 11.8. The number of piperidine rings is 1. The molecule has 1 rings (SSSR count). The fourth-order valence-corrected chi connectivity index (χ4v) is 4.62. The second-order valence-corrected chi connectivity index (χ2v) is 9.15. The molecular weight excluding hydrogens is 282 g/mol. The van der Waals surface area contributed by atoms with E-state index in [0.29, 0.717) is 13.0 Å². The Morgan fingerprint density at radius 1 is 1.22 bits per heavy atom. The van der Waals surface area contributed by atoms with Gasteiger partial charge in [0.25, 0.3) is 0 Å². The summed E-state index contributed by atoms with van der Waals surface area (Å²) < 4.78 is 23.0. The second kappa shape index (κ2) is 5.31. The van der Waals surface area contributed by atoms with E-state index < -0.39 is 32.2 Å². The number of nitrogens with two attached hydrogens (primary N) is 1. The molecule has 108 valence electrons. The minimum atomic E-state index is -5.06. The molecular formula is C8H20N2O6P2. The third-order valence-electron chi connectivity index (χ3n) is 3.59. The molecule has 1 saturated heterocycles. The largest absolute Gasteiger partial charge is 0.345 e. The molecule has 0 amide bonds. The first-order valence-corrected chi connectivity index (χ1v) is 8.84. The molecule has 1 fully saturated rings. The number of hydrogen-bond donors (Lipinski definition) is 6. The maximum Gasteiger partial charge on any atom is 0.345 e. The summed E-state index contributed by atoms with van der Waals surface area (Å²) in [6, 6.07) is -1.83. The van der Waals surface area contributed by atoms with Crippen molar-refractivity contribution in [2.45, 2.75) is 43.2 Å². The first-order chi connectivity index (χ1) is 8.02. The minimum absolute atomic E-state index is 0.510. The van der Waals surface area contributed by atoms with Crippen LogP contribution in [0.4, 0.5) is 0 Å². The van der Waals surface area contributed by atoms with Crippen LogP contribution in [0.2, 0.25) is 0 Å². The number of rotatable bonds is 4. The van der Waals surface area contributed by atoms with Gasteiger partial charge in [-0.2, -0.15) is 0 Å². The van der Waals surface area contributed by atoms with E-state index in [1.54, 1.807) is 0 Å². The third-order valence-corrected chi connectivity index (χ3v) is 8.11. The van der Waals surface area contributed by atoms with Gasteiger partial charge < -0.3 is 30.6 Å². The van der Waals surface area contributed by atoms with Gasteiger partial charge in [0.15, 0.2) is 4.90 Å². The summed E-state index contributed by atoms with van der Waals surface area (Å²) >= 11 is 0. The van der Waals surface area contributed by atoms with E-state index in [1.165, 1.54) is 0 Å². The van der Waals surface area contributed by atoms with E-state index in [0.717, 1.165) is 19.8 Å². The standard InChI is InChI=1S/C8H20N2O6P2/c1-8(17(11,12)13,18(14,15)16)7(9)6-4-2-3-5-10-6/h6-7,10H,2-5,9H2,1H3,(H2,11,12,13)(H2,14,15,16). The normalized spacial score (nSPS) is 24.9. The van der Waals surface area contributed by atoms with E-state index in [1.807, 2.05) is 0 Å². The van der Waals surface area contributed by atoms with Gasteiger partial charge in [0.2, 0.25) is 0 Å². The van der Waals surface area contributed by atoms with Gasteiger partial charge in [-0.1, -0.05) is 6.42 Å². The molecule has 2 atom stereocenters. The van der Waals surface area contributed by atoms with E-state index in [4.69, 9.17) is 5.73 Å². The molecule has 0 spiro atoms. The monoisotopic (exact) mass is 302 g/mol. The van der Waals surface area contributed by atoms with Crippen molar-refractivity contribution in [1.82, 2.24) is 5.32 Å². The van der Waals surface area contributed by atoms with E-state index in [2.05, 4.69) is 5.32 Å². The summed E-state index contributed by atoms with van der Waals surface area (Å²) in [6.07, 6.45) is 2.26. The molecule has 1 aliphatic heterocycles. The highest BCUT2D eigenvalue weighted by molar-refractivity contribution is 7.72. The summed E-state index contributed by atoms with van der Waals surface area (Å²) in [5.41, 5.74) is 5.75. The molecule has 0 aromatic rings. The number of hydrogen-bond acceptors (Lipinski definition) is 4. The molecule has 0 saturated carbocycles. The van der Waals surface area contributed by atoms with Crippen LogP contribution in [-0.2, 0) is 9.13 Å². The SMILES string of the molecule is CC(C(N)C1CCCCN1)(P(=O)(O)O)P(=O)(O)O. The quantitative estimate of drug-likeness (QED) is 0.381. The fourth-order valence-electron chi connectivity index (χ4n) is 2.12. The van der Waals surface area contributed by atoms with Crippen molar-refractivity contribution in [3.05, 3.63) is 0 Å². The summed E-state index contributed by atoms with van der Waals surface area (Å²) in [5.74, 6) is 0. The average Bonchev–Trinajstić information content (AvgIpc) is 2.25. The van der Waals surface area contributed by atoms with Crippen LogP contribution < -0.4 is 11.1 Å². The van der Waals surface area contributed by atoms with Crippen LogP contribution in [0.1, 0.15) is 26.2 Å². The Bertz CT molecular complexity index is 363. The Labute approximate surface area is 105 Å². The zero-order valence-electron chi connectivity index (χ0n) is 10.1. The van der Waals surface area contributed by atoms with Crippen molar-refractivity contribution in [1.29, 1.82) is 0 Å². The average molecular weight is 302 g/mol. The molecule has 0 aliphatic carbocycles. The topological polar surface area (TPSA) is 153 Å². The molecule has 0 aromatic carbocycles. The van der Waals surface area contributed by atoms with Crippen LogP contribution in [0.3, 0.4) is 0 Å². The third kappa shape index (κ3) is 2.86. The van der Waals surface area contributed by atoms with Gasteiger partial charge in [0.1, 0.15) is 0 Å². The Morgan fingerprint density at radius 3 is 2.06 bits per heavy atom. The molecule has 8 nitrogen and oxygen atoms in total. The Balaban J connectivity index is 3.12. The van der Waals surface area contributed by atoms with Crippen LogP contribution in [0.25, 0.3) is 0 Å². The maximum atomic E-state index is 11.5. The van der Waals surface area contributed by atoms with Crippen molar-refractivity contribution in [2.24, 2.45) is 5.73 Å². The van der Waals surface area contributed by atoms with Gasteiger partial charge in [0, 0.05) is 12.1 Å². The molecule has 0 aromatic heterocycles. The highest BCUT2D eigenvalue weighted by atomic mass is 31.2. The predicted molar refractivity (Wildman–Crippen MR) is 66.1 cm³/mol. The van der Waals surface area contributed by atoms with Gasteiger partial charge in [-0.05, 0) is 26.3 Å². The van der Waals surface area contributed by atoms with E-state index in [-0.39, 0.29) is 0 Å². The van der Waals surface area contributed by atoms with Crippen LogP contribution in [-0.4, -0.2) is 43.1 Å². The summed E-state index contributed by atoms with van der Waals surface area (Å²) in [4.78, 5) is 34.6. The second-order valence-electron chi connectivity index (χ2n) is 4.76.